The van der Waals surface area contributed by atoms with Gasteiger partial charge in [-0.1, -0.05) is 48.5 Å². The van der Waals surface area contributed by atoms with Crippen molar-refractivity contribution in [3.63, 3.8) is 0 Å². The van der Waals surface area contributed by atoms with Gasteiger partial charge in [-0.15, -0.1) is 0 Å². The second-order valence-electron chi connectivity index (χ2n) is 7.49. The van der Waals surface area contributed by atoms with Crippen LogP contribution in [0.3, 0.4) is 0 Å². The third kappa shape index (κ3) is 4.40. The van der Waals surface area contributed by atoms with Gasteiger partial charge in [-0.2, -0.15) is 0 Å². The zero-order valence-electron chi connectivity index (χ0n) is 18.1. The Kier molecular flexibility index (Phi) is 6.33. The van der Waals surface area contributed by atoms with E-state index < -0.39 is 0 Å². The molecule has 0 fully saturated rings. The summed E-state index contributed by atoms with van der Waals surface area (Å²) >= 11 is 0. The first-order valence-electron chi connectivity index (χ1n) is 10.4. The molecular weight excluding hydrogens is 402 g/mol. The molecule has 2 N–H and O–H groups in total. The molecule has 3 aromatic carbocycles. The van der Waals surface area contributed by atoms with Crippen LogP contribution in [0.25, 0.3) is 10.9 Å². The SMILES string of the molecule is COCCN(C)C(=O)c1ccc(N=C(c2ccccc2)c2c(O)[nH]c3ccccc23)cc1. The third-order valence-electron chi connectivity index (χ3n) is 5.30. The van der Waals surface area contributed by atoms with Crippen molar-refractivity contribution in [2.45, 2.75) is 0 Å². The maximum Gasteiger partial charge on any atom is 0.253 e. The van der Waals surface area contributed by atoms with Crippen molar-refractivity contribution < 1.29 is 14.6 Å². The topological polar surface area (TPSA) is 77.9 Å². The molecule has 4 rings (SSSR count). The van der Waals surface area contributed by atoms with Crippen LogP contribution in [0.2, 0.25) is 0 Å². The van der Waals surface area contributed by atoms with E-state index in [1.165, 1.54) is 0 Å². The van der Waals surface area contributed by atoms with Crippen LogP contribution in [-0.4, -0.2) is 53.9 Å². The number of ether oxygens (including phenoxy) is 1. The lowest BCUT2D eigenvalue weighted by molar-refractivity contribution is 0.0744. The van der Waals surface area contributed by atoms with Gasteiger partial charge in [-0.25, -0.2) is 4.99 Å². The molecule has 1 amide bonds. The number of aromatic amines is 1. The normalized spacial score (nSPS) is 11.6. The lowest BCUT2D eigenvalue weighted by Crippen LogP contribution is -2.29. The fourth-order valence-corrected chi connectivity index (χ4v) is 3.59. The summed E-state index contributed by atoms with van der Waals surface area (Å²) in [5.41, 5.74) is 4.28. The Hall–Kier alpha value is -3.90. The maximum absolute atomic E-state index is 12.6. The van der Waals surface area contributed by atoms with Crippen LogP contribution < -0.4 is 0 Å². The van der Waals surface area contributed by atoms with Crippen LogP contribution in [0.15, 0.2) is 83.9 Å². The molecule has 0 bridgehead atoms. The van der Waals surface area contributed by atoms with E-state index in [0.29, 0.717) is 35.7 Å². The molecule has 162 valence electrons. The van der Waals surface area contributed by atoms with Gasteiger partial charge in [0.1, 0.15) is 0 Å². The summed E-state index contributed by atoms with van der Waals surface area (Å²) in [6, 6.07) is 24.6. The van der Waals surface area contributed by atoms with E-state index in [0.717, 1.165) is 16.5 Å². The number of hydrogen-bond donors (Lipinski definition) is 2. The van der Waals surface area contributed by atoms with Crippen LogP contribution >= 0.6 is 0 Å². The largest absolute Gasteiger partial charge is 0.494 e. The Labute approximate surface area is 186 Å². The second-order valence-corrected chi connectivity index (χ2v) is 7.49. The molecule has 1 heterocycles. The highest BCUT2D eigenvalue weighted by atomic mass is 16.5. The van der Waals surface area contributed by atoms with Gasteiger partial charge in [-0.05, 0) is 30.3 Å². The number of H-pyrrole nitrogens is 1. The number of carbonyl (C=O) groups excluding carboxylic acids is 1. The number of hydrogen-bond acceptors (Lipinski definition) is 4. The van der Waals surface area contributed by atoms with Crippen LogP contribution in [0.5, 0.6) is 5.88 Å². The summed E-state index contributed by atoms with van der Waals surface area (Å²) in [6.45, 7) is 1.01. The molecule has 32 heavy (non-hydrogen) atoms. The Bertz CT molecular complexity index is 1240. The number of aliphatic imine (C=N–C) groups is 1. The molecule has 4 aromatic rings. The van der Waals surface area contributed by atoms with Gasteiger partial charge in [0.15, 0.2) is 5.88 Å². The van der Waals surface area contributed by atoms with E-state index in [9.17, 15) is 9.90 Å². The zero-order valence-corrected chi connectivity index (χ0v) is 18.1. The first-order chi connectivity index (χ1) is 15.6. The second kappa shape index (κ2) is 9.49. The van der Waals surface area contributed by atoms with E-state index in [-0.39, 0.29) is 11.8 Å². The summed E-state index contributed by atoms with van der Waals surface area (Å²) in [5.74, 6) is -0.00416. The first-order valence-corrected chi connectivity index (χ1v) is 10.4. The van der Waals surface area contributed by atoms with Gasteiger partial charge in [0.05, 0.1) is 23.6 Å². The monoisotopic (exact) mass is 427 g/mol. The van der Waals surface area contributed by atoms with Crippen molar-refractivity contribution in [3.8, 4) is 5.88 Å². The van der Waals surface area contributed by atoms with Gasteiger partial charge in [0, 0.05) is 42.7 Å². The number of likely N-dealkylation sites (N-methyl/N-ethyl adjacent to an activating group) is 1. The van der Waals surface area contributed by atoms with Crippen LogP contribution in [0, 0.1) is 0 Å². The van der Waals surface area contributed by atoms with Crippen molar-refractivity contribution in [2.24, 2.45) is 4.99 Å². The van der Waals surface area contributed by atoms with Crippen LogP contribution in [-0.2, 0) is 4.74 Å². The van der Waals surface area contributed by atoms with Gasteiger partial charge < -0.3 is 19.7 Å². The molecule has 0 unspecified atom stereocenters. The van der Waals surface area contributed by atoms with E-state index in [1.54, 1.807) is 31.2 Å². The molecule has 6 nitrogen and oxygen atoms in total. The number of rotatable bonds is 7. The Balaban J connectivity index is 1.74. The quantitative estimate of drug-likeness (QED) is 0.418. The Morgan fingerprint density at radius 2 is 1.66 bits per heavy atom. The van der Waals surface area contributed by atoms with Gasteiger partial charge in [0.25, 0.3) is 5.91 Å². The van der Waals surface area contributed by atoms with Gasteiger partial charge >= 0.3 is 0 Å². The third-order valence-corrected chi connectivity index (χ3v) is 5.30. The molecule has 0 aliphatic carbocycles. The number of para-hydroxylation sites is 1. The van der Waals surface area contributed by atoms with E-state index in [1.807, 2.05) is 66.7 Å². The Morgan fingerprint density at radius 3 is 2.38 bits per heavy atom. The summed E-state index contributed by atoms with van der Waals surface area (Å²) in [6.07, 6.45) is 0. The Morgan fingerprint density at radius 1 is 0.969 bits per heavy atom. The molecule has 0 atom stereocenters. The average molecular weight is 428 g/mol. The molecule has 0 saturated carbocycles. The summed E-state index contributed by atoms with van der Waals surface area (Å²) in [4.78, 5) is 22.1. The fourth-order valence-electron chi connectivity index (χ4n) is 3.59. The van der Waals surface area contributed by atoms with Gasteiger partial charge in [0.2, 0.25) is 0 Å². The van der Waals surface area contributed by atoms with Crippen molar-refractivity contribution in [1.29, 1.82) is 0 Å². The molecule has 0 spiro atoms. The van der Waals surface area contributed by atoms with Crippen LogP contribution in [0.1, 0.15) is 21.5 Å². The number of nitrogens with one attached hydrogen (secondary N) is 1. The molecule has 0 saturated heterocycles. The predicted molar refractivity (Wildman–Crippen MR) is 127 cm³/mol. The number of benzene rings is 3. The predicted octanol–water partition coefficient (Wildman–Crippen LogP) is 4.76. The molecule has 0 aliphatic heterocycles. The van der Waals surface area contributed by atoms with Crippen molar-refractivity contribution in [3.05, 3.63) is 95.6 Å². The van der Waals surface area contributed by atoms with E-state index in [2.05, 4.69) is 4.98 Å². The minimum absolute atomic E-state index is 0.0698. The summed E-state index contributed by atoms with van der Waals surface area (Å²) in [5, 5.41) is 11.6. The molecule has 0 aliphatic rings. The highest BCUT2D eigenvalue weighted by Crippen LogP contribution is 2.31. The van der Waals surface area contributed by atoms with Gasteiger partial charge in [-0.3, -0.25) is 4.79 Å². The number of amides is 1. The first kappa shape index (κ1) is 21.3. The lowest BCUT2D eigenvalue weighted by Gasteiger charge is -2.16. The zero-order chi connectivity index (χ0) is 22.5. The summed E-state index contributed by atoms with van der Waals surface area (Å²) < 4.78 is 5.04. The minimum atomic E-state index is -0.0739. The van der Waals surface area contributed by atoms with Crippen molar-refractivity contribution in [1.82, 2.24) is 9.88 Å². The van der Waals surface area contributed by atoms with Crippen molar-refractivity contribution >= 4 is 28.2 Å². The number of aromatic nitrogens is 1. The highest BCUT2D eigenvalue weighted by Gasteiger charge is 2.18. The molecule has 0 radical (unpaired) electrons. The van der Waals surface area contributed by atoms with Crippen molar-refractivity contribution in [2.75, 3.05) is 27.3 Å². The number of carbonyl (C=O) groups is 1. The standard InChI is InChI=1S/C26H25N3O3/c1-29(16-17-32-2)26(31)19-12-14-20(15-13-19)27-24(18-8-4-3-5-9-18)23-21-10-6-7-11-22(21)28-25(23)30/h3-15,28,30H,16-17H2,1-2H3. The number of nitrogens with zero attached hydrogens (tertiary/aromatic N) is 2. The molecule has 1 aromatic heterocycles. The fraction of sp³-hybridized carbons (Fsp3) is 0.154. The molecular formula is C26H25N3O3. The van der Waals surface area contributed by atoms with Crippen LogP contribution in [0.4, 0.5) is 5.69 Å². The molecule has 6 heteroatoms. The lowest BCUT2D eigenvalue weighted by atomic mass is 10.0. The minimum Gasteiger partial charge on any atom is -0.494 e. The summed E-state index contributed by atoms with van der Waals surface area (Å²) in [7, 11) is 3.36. The smallest absolute Gasteiger partial charge is 0.253 e. The number of fused-ring (bicyclic) bond motifs is 1. The number of aromatic hydroxyl groups is 1. The highest BCUT2D eigenvalue weighted by molar-refractivity contribution is 6.21. The van der Waals surface area contributed by atoms with E-state index >= 15 is 0 Å². The number of methoxy groups -OCH3 is 1. The van der Waals surface area contributed by atoms with E-state index in [4.69, 9.17) is 9.73 Å². The average Bonchev–Trinajstić information content (AvgIpc) is 3.17. The maximum atomic E-state index is 12.6.